The largest absolute Gasteiger partial charge is 0.310 e. The van der Waals surface area contributed by atoms with Crippen molar-refractivity contribution < 1.29 is 9.18 Å². The number of hydrogen-bond acceptors (Lipinski definition) is 3. The van der Waals surface area contributed by atoms with Gasteiger partial charge in [0.25, 0.3) is 0 Å². The van der Waals surface area contributed by atoms with Gasteiger partial charge in [0.2, 0.25) is 5.91 Å². The Balaban J connectivity index is 1.85. The van der Waals surface area contributed by atoms with Crippen LogP contribution < -0.4 is 5.32 Å². The molecule has 0 bridgehead atoms. The van der Waals surface area contributed by atoms with E-state index in [1.165, 1.54) is 18.5 Å². The Kier molecular flexibility index (Phi) is 3.18. The van der Waals surface area contributed by atoms with Crippen molar-refractivity contribution in [3.63, 3.8) is 0 Å². The Morgan fingerprint density at radius 3 is 2.50 bits per heavy atom. The third kappa shape index (κ3) is 2.15. The summed E-state index contributed by atoms with van der Waals surface area (Å²) in [7, 11) is 0. The summed E-state index contributed by atoms with van der Waals surface area (Å²) in [4.78, 5) is 20.3. The number of carbonyl (C=O) groups is 1. The molecule has 1 fully saturated rings. The van der Waals surface area contributed by atoms with E-state index in [0.29, 0.717) is 5.82 Å². The van der Waals surface area contributed by atoms with Crippen molar-refractivity contribution in [2.45, 2.75) is 24.7 Å². The molecule has 0 unspecified atom stereocenters. The zero-order valence-electron chi connectivity index (χ0n) is 10.8. The molecule has 1 aromatic carbocycles. The predicted molar refractivity (Wildman–Crippen MR) is 72.6 cm³/mol. The van der Waals surface area contributed by atoms with Crippen LogP contribution in [0.4, 0.5) is 10.2 Å². The topological polar surface area (TPSA) is 54.9 Å². The van der Waals surface area contributed by atoms with Crippen molar-refractivity contribution in [3.05, 3.63) is 54.2 Å². The Morgan fingerprint density at radius 2 is 1.95 bits per heavy atom. The fraction of sp³-hybridized carbons (Fsp3) is 0.267. The number of nitrogens with one attached hydrogen (secondary N) is 1. The van der Waals surface area contributed by atoms with E-state index in [-0.39, 0.29) is 11.7 Å². The fourth-order valence-corrected chi connectivity index (χ4v) is 2.55. The van der Waals surface area contributed by atoms with Gasteiger partial charge in [-0.05, 0) is 36.6 Å². The summed E-state index contributed by atoms with van der Waals surface area (Å²) in [5.41, 5.74) is 0.301. The van der Waals surface area contributed by atoms with Crippen molar-refractivity contribution in [2.24, 2.45) is 0 Å². The number of nitrogens with zero attached hydrogens (tertiary/aromatic N) is 2. The molecule has 0 saturated heterocycles. The van der Waals surface area contributed by atoms with Crippen LogP contribution >= 0.6 is 0 Å². The molecule has 0 radical (unpaired) electrons. The van der Waals surface area contributed by atoms with Crippen LogP contribution in [0.25, 0.3) is 0 Å². The molecule has 2 aromatic rings. The lowest BCUT2D eigenvalue weighted by Gasteiger charge is -2.40. The predicted octanol–water partition coefficient (Wildman–Crippen LogP) is 2.68. The summed E-state index contributed by atoms with van der Waals surface area (Å²) >= 11 is 0. The number of amides is 1. The Morgan fingerprint density at radius 1 is 1.20 bits per heavy atom. The monoisotopic (exact) mass is 271 g/mol. The molecule has 1 saturated carbocycles. The minimum absolute atomic E-state index is 0.0888. The third-order valence-electron chi connectivity index (χ3n) is 3.86. The second-order valence-corrected chi connectivity index (χ2v) is 4.99. The van der Waals surface area contributed by atoms with Crippen molar-refractivity contribution in [2.75, 3.05) is 5.32 Å². The number of halogens is 1. The van der Waals surface area contributed by atoms with E-state index in [9.17, 15) is 9.18 Å². The molecule has 3 rings (SSSR count). The van der Waals surface area contributed by atoms with Gasteiger partial charge in [0.05, 0.1) is 5.41 Å². The van der Waals surface area contributed by atoms with Gasteiger partial charge >= 0.3 is 0 Å². The lowest BCUT2D eigenvalue weighted by atomic mass is 9.64. The van der Waals surface area contributed by atoms with Crippen LogP contribution in [0, 0.1) is 5.82 Å². The van der Waals surface area contributed by atoms with Crippen molar-refractivity contribution in [1.82, 2.24) is 9.97 Å². The first-order valence-corrected chi connectivity index (χ1v) is 6.54. The molecule has 1 N–H and O–H groups in total. The fourth-order valence-electron chi connectivity index (χ4n) is 2.55. The standard InChI is InChI=1S/C15H14FN3O/c16-12-4-2-11(3-5-12)15(7-1-8-15)14(20)19-13-6-9-17-10-18-13/h2-6,9-10H,1,7-8H2,(H,17,18,19,20). The molecule has 0 atom stereocenters. The van der Waals surface area contributed by atoms with Gasteiger partial charge in [0.1, 0.15) is 18.0 Å². The average molecular weight is 271 g/mol. The zero-order valence-corrected chi connectivity index (χ0v) is 10.8. The van der Waals surface area contributed by atoms with Gasteiger partial charge in [-0.2, -0.15) is 0 Å². The third-order valence-corrected chi connectivity index (χ3v) is 3.86. The molecule has 1 aliphatic carbocycles. The SMILES string of the molecule is O=C(Nc1ccncn1)C1(c2ccc(F)cc2)CCC1. The van der Waals surface area contributed by atoms with Gasteiger partial charge < -0.3 is 5.32 Å². The Bertz CT molecular complexity index is 609. The van der Waals surface area contributed by atoms with Crippen LogP contribution in [0.3, 0.4) is 0 Å². The van der Waals surface area contributed by atoms with E-state index < -0.39 is 5.41 Å². The summed E-state index contributed by atoms with van der Waals surface area (Å²) in [6.07, 6.45) is 5.51. The van der Waals surface area contributed by atoms with Crippen molar-refractivity contribution in [3.8, 4) is 0 Å². The maximum atomic E-state index is 13.0. The summed E-state index contributed by atoms with van der Waals surface area (Å²) in [6, 6.07) is 7.82. The van der Waals surface area contributed by atoms with Crippen LogP contribution in [0.2, 0.25) is 0 Å². The van der Waals surface area contributed by atoms with Crippen LogP contribution in [0.5, 0.6) is 0 Å². The van der Waals surface area contributed by atoms with Gasteiger partial charge in [-0.3, -0.25) is 4.79 Å². The molecule has 0 aliphatic heterocycles. The first-order valence-electron chi connectivity index (χ1n) is 6.54. The number of benzene rings is 1. The highest BCUT2D eigenvalue weighted by Crippen LogP contribution is 2.44. The van der Waals surface area contributed by atoms with Gasteiger partial charge in [-0.15, -0.1) is 0 Å². The number of anilines is 1. The van der Waals surface area contributed by atoms with Gasteiger partial charge in [-0.25, -0.2) is 14.4 Å². The molecule has 102 valence electrons. The summed E-state index contributed by atoms with van der Waals surface area (Å²) < 4.78 is 13.0. The van der Waals surface area contributed by atoms with Crippen molar-refractivity contribution >= 4 is 11.7 Å². The Hall–Kier alpha value is -2.30. The molecular formula is C15H14FN3O. The van der Waals surface area contributed by atoms with E-state index >= 15 is 0 Å². The summed E-state index contributed by atoms with van der Waals surface area (Å²) in [6.45, 7) is 0. The molecule has 0 spiro atoms. The minimum Gasteiger partial charge on any atom is -0.310 e. The van der Waals surface area contributed by atoms with E-state index in [4.69, 9.17) is 0 Å². The average Bonchev–Trinajstić information content (AvgIpc) is 2.41. The maximum absolute atomic E-state index is 13.0. The first kappa shape index (κ1) is 12.7. The van der Waals surface area contributed by atoms with Crippen LogP contribution in [-0.4, -0.2) is 15.9 Å². The van der Waals surface area contributed by atoms with Gasteiger partial charge in [-0.1, -0.05) is 18.6 Å². The molecule has 20 heavy (non-hydrogen) atoms. The van der Waals surface area contributed by atoms with E-state index in [2.05, 4.69) is 15.3 Å². The molecule has 1 heterocycles. The minimum atomic E-state index is -0.557. The second-order valence-electron chi connectivity index (χ2n) is 4.99. The summed E-state index contributed by atoms with van der Waals surface area (Å²) in [5, 5.41) is 2.81. The first-order chi connectivity index (χ1) is 9.71. The summed E-state index contributed by atoms with van der Waals surface area (Å²) in [5.74, 6) is 0.104. The number of hydrogen-bond donors (Lipinski definition) is 1. The van der Waals surface area contributed by atoms with Crippen LogP contribution in [0.15, 0.2) is 42.9 Å². The smallest absolute Gasteiger partial charge is 0.236 e. The highest BCUT2D eigenvalue weighted by Gasteiger charge is 2.45. The highest BCUT2D eigenvalue weighted by molar-refractivity contribution is 5.99. The van der Waals surface area contributed by atoms with Gasteiger partial charge in [0, 0.05) is 6.20 Å². The Labute approximate surface area is 116 Å². The lowest BCUT2D eigenvalue weighted by molar-refractivity contribution is -0.124. The number of carbonyl (C=O) groups excluding carboxylic acids is 1. The quantitative estimate of drug-likeness (QED) is 0.933. The van der Waals surface area contributed by atoms with Crippen molar-refractivity contribution in [1.29, 1.82) is 0 Å². The highest BCUT2D eigenvalue weighted by atomic mass is 19.1. The normalized spacial score (nSPS) is 16.2. The number of aromatic nitrogens is 2. The second kappa shape index (κ2) is 5.00. The van der Waals surface area contributed by atoms with Gasteiger partial charge in [0.15, 0.2) is 0 Å². The molecule has 4 nitrogen and oxygen atoms in total. The van der Waals surface area contributed by atoms with Crippen LogP contribution in [0.1, 0.15) is 24.8 Å². The lowest BCUT2D eigenvalue weighted by Crippen LogP contribution is -2.46. The maximum Gasteiger partial charge on any atom is 0.236 e. The number of rotatable bonds is 3. The van der Waals surface area contributed by atoms with E-state index in [0.717, 1.165) is 24.8 Å². The molecular weight excluding hydrogens is 257 g/mol. The van der Waals surface area contributed by atoms with E-state index in [1.54, 1.807) is 24.4 Å². The molecule has 5 heteroatoms. The molecule has 1 amide bonds. The zero-order chi connectivity index (χ0) is 14.0. The molecule has 1 aromatic heterocycles. The van der Waals surface area contributed by atoms with E-state index in [1.807, 2.05) is 0 Å². The molecule has 1 aliphatic rings. The van der Waals surface area contributed by atoms with Crippen LogP contribution in [-0.2, 0) is 10.2 Å².